The lowest BCUT2D eigenvalue weighted by Gasteiger charge is -2.32. The molecule has 5 rings (SSSR count). The minimum atomic E-state index is -4.63. The third-order valence-corrected chi connectivity index (χ3v) is 8.58. The maximum atomic E-state index is 14.0. The van der Waals surface area contributed by atoms with Crippen LogP contribution in [0.4, 0.5) is 24.5 Å². The highest BCUT2D eigenvalue weighted by Crippen LogP contribution is 2.40. The number of halogens is 4. The second-order valence-corrected chi connectivity index (χ2v) is 11.4. The molecule has 43 heavy (non-hydrogen) atoms. The number of hydrogen-bond donors (Lipinski definition) is 3. The number of rotatable bonds is 8. The summed E-state index contributed by atoms with van der Waals surface area (Å²) in [4.78, 5) is 17.8. The van der Waals surface area contributed by atoms with Gasteiger partial charge in [-0.05, 0) is 50.7 Å². The third kappa shape index (κ3) is 6.16. The maximum Gasteiger partial charge on any atom is 0.416 e. The van der Waals surface area contributed by atoms with Gasteiger partial charge in [0.05, 0.1) is 41.0 Å². The highest BCUT2D eigenvalue weighted by atomic mass is 35.5. The first-order chi connectivity index (χ1) is 20.3. The van der Waals surface area contributed by atoms with Crippen LogP contribution in [0.15, 0.2) is 42.7 Å². The number of hydrazine groups is 1. The van der Waals surface area contributed by atoms with Crippen LogP contribution in [0.3, 0.4) is 0 Å². The van der Waals surface area contributed by atoms with Crippen LogP contribution < -0.4 is 26.6 Å². The van der Waals surface area contributed by atoms with Crippen molar-refractivity contribution in [2.75, 3.05) is 37.6 Å². The van der Waals surface area contributed by atoms with Crippen molar-refractivity contribution in [3.05, 3.63) is 75.7 Å². The lowest BCUT2D eigenvalue weighted by atomic mass is 10.0. The highest BCUT2D eigenvalue weighted by Gasteiger charge is 2.42. The molecule has 0 saturated carbocycles. The second kappa shape index (κ2) is 11.7. The first-order valence-corrected chi connectivity index (χ1v) is 14.0. The number of piperazine rings is 1. The number of nitrogens with one attached hydrogen (secondary N) is 1. The molecule has 2 aromatic carbocycles. The van der Waals surface area contributed by atoms with E-state index in [0.717, 1.165) is 37.3 Å². The SMILES string of the molecule is COc1c(CN2CC3CC2CN3C)cc(C(F)(F)F)cc1NC(=O)c1ccc(Cl)c(N(N)/C=C(\N)c2cnn(C)c2C)c1. The number of hydrogen-bond acceptors (Lipinski definition) is 8. The lowest BCUT2D eigenvalue weighted by molar-refractivity contribution is -0.137. The Bertz CT molecular complexity index is 1570. The van der Waals surface area contributed by atoms with E-state index < -0.39 is 17.6 Å². The molecule has 1 amide bonds. The molecule has 2 aliphatic heterocycles. The summed E-state index contributed by atoms with van der Waals surface area (Å²) in [5.74, 6) is 5.74. The van der Waals surface area contributed by atoms with Crippen LogP contribution in [0.2, 0.25) is 5.02 Å². The van der Waals surface area contributed by atoms with Gasteiger partial charge in [0.1, 0.15) is 5.75 Å². The fourth-order valence-electron chi connectivity index (χ4n) is 5.78. The van der Waals surface area contributed by atoms with Gasteiger partial charge in [0.25, 0.3) is 5.91 Å². The molecule has 1 aromatic heterocycles. The van der Waals surface area contributed by atoms with Crippen LogP contribution >= 0.6 is 11.6 Å². The van der Waals surface area contributed by atoms with E-state index in [9.17, 15) is 18.0 Å². The molecule has 14 heteroatoms. The van der Waals surface area contributed by atoms with E-state index in [2.05, 4.69) is 27.3 Å². The van der Waals surface area contributed by atoms with Gasteiger partial charge in [-0.2, -0.15) is 18.3 Å². The minimum Gasteiger partial charge on any atom is -0.494 e. The Morgan fingerprint density at radius 1 is 1.23 bits per heavy atom. The van der Waals surface area contributed by atoms with Crippen LogP contribution in [-0.2, 0) is 19.8 Å². The van der Waals surface area contributed by atoms with Gasteiger partial charge in [0, 0.05) is 67.3 Å². The number of likely N-dealkylation sites (tertiary alicyclic amines) is 2. The number of carbonyl (C=O) groups excluding carboxylic acids is 1. The van der Waals surface area contributed by atoms with Gasteiger partial charge in [-0.15, -0.1) is 0 Å². The van der Waals surface area contributed by atoms with E-state index in [1.165, 1.54) is 36.5 Å². The number of fused-ring (bicyclic) bond motifs is 2. The Morgan fingerprint density at radius 2 is 1.98 bits per heavy atom. The number of amides is 1. The minimum absolute atomic E-state index is 0.0869. The number of aryl methyl sites for hydroxylation is 1. The summed E-state index contributed by atoms with van der Waals surface area (Å²) >= 11 is 6.38. The molecule has 2 fully saturated rings. The first-order valence-electron chi connectivity index (χ1n) is 13.6. The molecule has 2 atom stereocenters. The largest absolute Gasteiger partial charge is 0.494 e. The van der Waals surface area contributed by atoms with Crippen LogP contribution in [0.5, 0.6) is 5.75 Å². The van der Waals surface area contributed by atoms with E-state index in [1.807, 2.05) is 6.92 Å². The van der Waals surface area contributed by atoms with Crippen LogP contribution in [0.25, 0.3) is 5.70 Å². The Kier molecular flexibility index (Phi) is 8.36. The third-order valence-electron chi connectivity index (χ3n) is 8.26. The number of alkyl halides is 3. The van der Waals surface area contributed by atoms with Gasteiger partial charge in [0.15, 0.2) is 0 Å². The number of ether oxygens (including phenoxy) is 1. The number of anilines is 2. The van der Waals surface area contributed by atoms with E-state index in [0.29, 0.717) is 22.9 Å². The molecule has 2 unspecified atom stereocenters. The average Bonchev–Trinajstić information content (AvgIpc) is 3.61. The van der Waals surface area contributed by atoms with Gasteiger partial charge >= 0.3 is 6.18 Å². The van der Waals surface area contributed by atoms with Gasteiger partial charge in [-0.1, -0.05) is 11.6 Å². The topological polar surface area (TPSA) is 118 Å². The van der Waals surface area contributed by atoms with Crippen molar-refractivity contribution in [3.63, 3.8) is 0 Å². The molecule has 5 N–H and O–H groups in total. The molecule has 2 bridgehead atoms. The monoisotopic (exact) mass is 618 g/mol. The molecular formula is C29H34ClF3N8O2. The first kappa shape index (κ1) is 30.7. The van der Waals surface area contributed by atoms with Crippen LogP contribution in [0.1, 0.15) is 39.2 Å². The highest BCUT2D eigenvalue weighted by molar-refractivity contribution is 6.33. The second-order valence-electron chi connectivity index (χ2n) is 11.0. The molecule has 10 nitrogen and oxygen atoms in total. The van der Waals surface area contributed by atoms with Gasteiger partial charge in [-0.3, -0.25) is 19.4 Å². The van der Waals surface area contributed by atoms with Crippen molar-refractivity contribution in [2.45, 2.75) is 38.1 Å². The lowest BCUT2D eigenvalue weighted by Crippen LogP contribution is -2.44. The summed E-state index contributed by atoms with van der Waals surface area (Å²) < 4.78 is 49.1. The average molecular weight is 619 g/mol. The molecule has 3 heterocycles. The fourth-order valence-corrected chi connectivity index (χ4v) is 6.00. The Labute approximate surface area is 252 Å². The van der Waals surface area contributed by atoms with Crippen molar-refractivity contribution in [2.24, 2.45) is 18.6 Å². The van der Waals surface area contributed by atoms with Crippen LogP contribution in [0, 0.1) is 6.92 Å². The summed E-state index contributed by atoms with van der Waals surface area (Å²) in [6.07, 6.45) is -0.611. The molecule has 3 aromatic rings. The van der Waals surface area contributed by atoms with Crippen molar-refractivity contribution in [1.29, 1.82) is 0 Å². The van der Waals surface area contributed by atoms with Crippen molar-refractivity contribution >= 4 is 34.6 Å². The maximum absolute atomic E-state index is 14.0. The number of aromatic nitrogens is 2. The van der Waals surface area contributed by atoms with Crippen LogP contribution in [-0.4, -0.2) is 64.8 Å². The number of benzene rings is 2. The summed E-state index contributed by atoms with van der Waals surface area (Å²) in [6, 6.07) is 6.96. The Balaban J connectivity index is 1.43. The molecule has 0 radical (unpaired) electrons. The number of methoxy groups -OCH3 is 1. The number of carbonyl (C=O) groups is 1. The summed E-state index contributed by atoms with van der Waals surface area (Å²) in [5.41, 5.74) is 7.78. The van der Waals surface area contributed by atoms with Gasteiger partial charge in [0.2, 0.25) is 0 Å². The number of nitrogens with zero attached hydrogens (tertiary/aromatic N) is 5. The molecule has 0 spiro atoms. The smallest absolute Gasteiger partial charge is 0.416 e. The quantitative estimate of drug-likeness (QED) is 0.254. The summed E-state index contributed by atoms with van der Waals surface area (Å²) in [5, 5.41) is 8.19. The summed E-state index contributed by atoms with van der Waals surface area (Å²) in [6.45, 7) is 3.73. The Morgan fingerprint density at radius 3 is 2.56 bits per heavy atom. The number of likely N-dealkylation sites (N-methyl/N-ethyl adjacent to an activating group) is 1. The normalized spacial score (nSPS) is 19.2. The van der Waals surface area contributed by atoms with E-state index in [1.54, 1.807) is 17.9 Å². The zero-order valence-corrected chi connectivity index (χ0v) is 25.0. The zero-order valence-electron chi connectivity index (χ0n) is 24.2. The molecule has 0 aliphatic carbocycles. The standard InChI is InChI=1S/C29H34ClF3N8O2/c1-16-22(11-36-39(16)3)24(34)15-41(35)26-8-17(5-6-23(26)30)28(42)37-25-9-19(29(31,32)33)7-18(27(25)43-4)12-40-14-20-10-21(40)13-38(20)2/h5-9,11,15,20-21H,10,12-14,34-35H2,1-4H3,(H,37,42)/b24-15-. The molecular weight excluding hydrogens is 585 g/mol. The van der Waals surface area contributed by atoms with Gasteiger partial charge in [-0.25, -0.2) is 5.84 Å². The van der Waals surface area contributed by atoms with Gasteiger partial charge < -0.3 is 20.7 Å². The predicted octanol–water partition coefficient (Wildman–Crippen LogP) is 4.19. The molecule has 230 valence electrons. The van der Waals surface area contributed by atoms with E-state index in [-0.39, 0.29) is 40.3 Å². The predicted molar refractivity (Wildman–Crippen MR) is 159 cm³/mol. The number of nitrogens with two attached hydrogens (primary N) is 2. The van der Waals surface area contributed by atoms with E-state index >= 15 is 0 Å². The van der Waals surface area contributed by atoms with Crippen molar-refractivity contribution in [1.82, 2.24) is 19.6 Å². The van der Waals surface area contributed by atoms with E-state index in [4.69, 9.17) is 27.9 Å². The molecule has 2 aliphatic rings. The zero-order chi connectivity index (χ0) is 31.2. The Hall–Kier alpha value is -3.78. The van der Waals surface area contributed by atoms with Crippen molar-refractivity contribution < 1.29 is 22.7 Å². The summed E-state index contributed by atoms with van der Waals surface area (Å²) in [7, 11) is 5.21. The molecule has 2 saturated heterocycles. The fraction of sp³-hybridized carbons (Fsp3) is 0.379. The van der Waals surface area contributed by atoms with Crippen molar-refractivity contribution in [3.8, 4) is 5.75 Å².